The molecule has 1 aliphatic heterocycles. The minimum absolute atomic E-state index is 0.0866. The Labute approximate surface area is 205 Å². The highest BCUT2D eigenvalue weighted by atomic mass is 79.9. The number of hydrogen-bond acceptors (Lipinski definition) is 7. The summed E-state index contributed by atoms with van der Waals surface area (Å²) in [6, 6.07) is -1.63. The van der Waals surface area contributed by atoms with Crippen LogP contribution in [0.15, 0.2) is 20.8 Å². The molecule has 1 aliphatic rings. The summed E-state index contributed by atoms with van der Waals surface area (Å²) in [4.78, 5) is 52.8. The second kappa shape index (κ2) is 12.0. The second-order valence-corrected chi connectivity index (χ2v) is 9.64. The molecule has 0 unspecified atom stereocenters. The van der Waals surface area contributed by atoms with E-state index >= 15 is 0 Å². The van der Waals surface area contributed by atoms with Crippen molar-refractivity contribution in [2.24, 2.45) is 17.6 Å². The zero-order valence-electron chi connectivity index (χ0n) is 18.9. The normalized spacial score (nSPS) is 22.6. The molecule has 1 amide bonds. The number of halogens is 2. The van der Waals surface area contributed by atoms with Gasteiger partial charge in [-0.25, -0.2) is 9.59 Å². The number of amides is 1. The number of aromatic amines is 1. The first kappa shape index (κ1) is 27.3. The quantitative estimate of drug-likeness (QED) is 0.312. The first-order chi connectivity index (χ1) is 15.5. The number of nitrogens with two attached hydrogens (primary N) is 1. The molecule has 12 heteroatoms. The molecule has 0 spiro atoms. The largest absolute Gasteiger partial charge is 0.461 e. The van der Waals surface area contributed by atoms with Crippen LogP contribution in [-0.2, 0) is 19.1 Å². The van der Waals surface area contributed by atoms with Gasteiger partial charge in [0, 0.05) is 12.6 Å². The summed E-state index contributed by atoms with van der Waals surface area (Å²) in [7, 11) is 0. The molecule has 33 heavy (non-hydrogen) atoms. The van der Waals surface area contributed by atoms with Crippen molar-refractivity contribution in [2.75, 3.05) is 6.61 Å². The Balaban J connectivity index is 2.05. The molecular formula is C21H30BrClN4O6. The summed E-state index contributed by atoms with van der Waals surface area (Å²) in [5, 5.41) is 2.10. The zero-order chi connectivity index (χ0) is 24.9. The van der Waals surface area contributed by atoms with E-state index in [0.29, 0.717) is 0 Å². The van der Waals surface area contributed by atoms with E-state index in [1.54, 1.807) is 13.8 Å². The third kappa shape index (κ3) is 7.02. The van der Waals surface area contributed by atoms with Crippen LogP contribution in [-0.4, -0.2) is 51.6 Å². The fourth-order valence-electron chi connectivity index (χ4n) is 3.22. The summed E-state index contributed by atoms with van der Waals surface area (Å²) in [6.45, 7) is 7.02. The van der Waals surface area contributed by atoms with Crippen LogP contribution in [0.2, 0.25) is 0 Å². The molecule has 2 heterocycles. The number of aromatic nitrogens is 2. The molecule has 0 bridgehead atoms. The minimum Gasteiger partial charge on any atom is -0.461 e. The SMILES string of the molecule is CC(C)[C@H](N)C(=O)N[C@H](C(=O)OC[C@H]1O[C@@H](n2cc(/C=C/Br)c(=O)[nH]c2=O)C[C@@H]1Cl)C(C)C. The number of rotatable bonds is 9. The molecule has 1 saturated heterocycles. The number of ether oxygens (including phenoxy) is 2. The third-order valence-corrected chi connectivity index (χ3v) is 6.06. The van der Waals surface area contributed by atoms with Gasteiger partial charge in [0.25, 0.3) is 5.56 Å². The lowest BCUT2D eigenvalue weighted by Crippen LogP contribution is -2.52. The topological polar surface area (TPSA) is 146 Å². The van der Waals surface area contributed by atoms with E-state index in [1.165, 1.54) is 21.8 Å². The van der Waals surface area contributed by atoms with Gasteiger partial charge in [0.2, 0.25) is 5.91 Å². The van der Waals surface area contributed by atoms with Crippen molar-refractivity contribution in [3.63, 3.8) is 0 Å². The number of carbonyl (C=O) groups excluding carboxylic acids is 2. The fraction of sp³-hybridized carbons (Fsp3) is 0.619. The summed E-state index contributed by atoms with van der Waals surface area (Å²) in [5.41, 5.74) is 4.95. The highest BCUT2D eigenvalue weighted by Gasteiger charge is 2.37. The van der Waals surface area contributed by atoms with Crippen LogP contribution >= 0.6 is 27.5 Å². The van der Waals surface area contributed by atoms with Gasteiger partial charge in [0.1, 0.15) is 25.0 Å². The Morgan fingerprint density at radius 2 is 2.03 bits per heavy atom. The monoisotopic (exact) mass is 548 g/mol. The number of nitrogens with zero attached hydrogens (tertiary/aromatic N) is 1. The van der Waals surface area contributed by atoms with E-state index in [0.717, 1.165) is 0 Å². The standard InChI is InChI=1S/C21H30BrClN4O6/c1-10(2)16(24)19(29)25-17(11(3)4)20(30)32-9-14-13(23)7-15(33-14)27-8-12(5-6-22)18(28)26-21(27)31/h5-6,8,10-11,13-17H,7,9,24H2,1-4H3,(H,25,29)(H,26,28,31)/b6-5+/t13-,14+,15+,16-,17-/m0/s1. The van der Waals surface area contributed by atoms with Gasteiger partial charge in [0.05, 0.1) is 17.0 Å². The molecule has 0 radical (unpaired) electrons. The van der Waals surface area contributed by atoms with E-state index in [4.69, 9.17) is 26.8 Å². The average molecular weight is 550 g/mol. The van der Waals surface area contributed by atoms with Gasteiger partial charge in [0.15, 0.2) is 0 Å². The average Bonchev–Trinajstić information content (AvgIpc) is 3.11. The van der Waals surface area contributed by atoms with Crippen molar-refractivity contribution < 1.29 is 19.1 Å². The number of carbonyl (C=O) groups is 2. The van der Waals surface area contributed by atoms with Crippen LogP contribution in [0, 0.1) is 11.8 Å². The van der Waals surface area contributed by atoms with Crippen molar-refractivity contribution in [3.05, 3.63) is 37.6 Å². The van der Waals surface area contributed by atoms with Crippen LogP contribution in [0.4, 0.5) is 0 Å². The Kier molecular flexibility index (Phi) is 9.89. The summed E-state index contributed by atoms with van der Waals surface area (Å²) in [6.07, 6.45) is 1.71. The van der Waals surface area contributed by atoms with E-state index in [-0.39, 0.29) is 30.4 Å². The Morgan fingerprint density at radius 3 is 2.61 bits per heavy atom. The van der Waals surface area contributed by atoms with Gasteiger partial charge in [-0.15, -0.1) is 11.6 Å². The van der Waals surface area contributed by atoms with Crippen LogP contribution in [0.25, 0.3) is 6.08 Å². The molecule has 2 rings (SSSR count). The molecule has 10 nitrogen and oxygen atoms in total. The predicted octanol–water partition coefficient (Wildman–Crippen LogP) is 1.46. The highest BCUT2D eigenvalue weighted by molar-refractivity contribution is 9.11. The molecule has 0 aliphatic carbocycles. The first-order valence-electron chi connectivity index (χ1n) is 10.6. The van der Waals surface area contributed by atoms with Gasteiger partial charge in [-0.05, 0) is 22.9 Å². The van der Waals surface area contributed by atoms with Gasteiger partial charge in [-0.2, -0.15) is 0 Å². The molecule has 184 valence electrons. The molecule has 1 aromatic rings. The van der Waals surface area contributed by atoms with Crippen molar-refractivity contribution in [2.45, 2.75) is 63.9 Å². The summed E-state index contributed by atoms with van der Waals surface area (Å²) in [5.74, 6) is -1.38. The lowest BCUT2D eigenvalue weighted by Gasteiger charge is -2.24. The smallest absolute Gasteiger partial charge is 0.330 e. The Hall–Kier alpha value is -1.95. The van der Waals surface area contributed by atoms with Crippen LogP contribution in [0.1, 0.15) is 45.9 Å². The second-order valence-electron chi connectivity index (χ2n) is 8.55. The lowest BCUT2D eigenvalue weighted by atomic mass is 10.0. The van der Waals surface area contributed by atoms with Gasteiger partial charge in [-0.3, -0.25) is 19.1 Å². The van der Waals surface area contributed by atoms with E-state index < -0.39 is 52.9 Å². The van der Waals surface area contributed by atoms with Crippen LogP contribution in [0.3, 0.4) is 0 Å². The van der Waals surface area contributed by atoms with Gasteiger partial charge in [-0.1, -0.05) is 43.6 Å². The maximum Gasteiger partial charge on any atom is 0.330 e. The minimum atomic E-state index is -0.881. The molecule has 0 aromatic carbocycles. The van der Waals surface area contributed by atoms with Crippen molar-refractivity contribution in [3.8, 4) is 0 Å². The number of H-pyrrole nitrogens is 1. The highest BCUT2D eigenvalue weighted by Crippen LogP contribution is 2.31. The van der Waals surface area contributed by atoms with Crippen molar-refractivity contribution in [1.82, 2.24) is 14.9 Å². The molecule has 1 aromatic heterocycles. The molecular weight excluding hydrogens is 520 g/mol. The molecule has 4 N–H and O–H groups in total. The molecule has 0 saturated carbocycles. The number of hydrogen-bond donors (Lipinski definition) is 3. The number of alkyl halides is 1. The van der Waals surface area contributed by atoms with E-state index in [1.807, 2.05) is 13.8 Å². The Morgan fingerprint density at radius 1 is 1.36 bits per heavy atom. The number of esters is 1. The maximum atomic E-state index is 12.7. The Bertz CT molecular complexity index is 992. The van der Waals surface area contributed by atoms with Gasteiger partial charge < -0.3 is 20.5 Å². The summed E-state index contributed by atoms with van der Waals surface area (Å²) >= 11 is 9.48. The maximum absolute atomic E-state index is 12.7. The third-order valence-electron chi connectivity index (χ3n) is 5.34. The van der Waals surface area contributed by atoms with Crippen LogP contribution in [0.5, 0.6) is 0 Å². The first-order valence-corrected chi connectivity index (χ1v) is 12.0. The lowest BCUT2D eigenvalue weighted by molar-refractivity contribution is -0.153. The van der Waals surface area contributed by atoms with Crippen molar-refractivity contribution >= 4 is 45.5 Å². The van der Waals surface area contributed by atoms with Crippen LogP contribution < -0.4 is 22.3 Å². The predicted molar refractivity (Wildman–Crippen MR) is 128 cm³/mol. The molecule has 1 fully saturated rings. The molecule has 5 atom stereocenters. The zero-order valence-corrected chi connectivity index (χ0v) is 21.3. The number of nitrogens with one attached hydrogen (secondary N) is 2. The summed E-state index contributed by atoms with van der Waals surface area (Å²) < 4.78 is 12.5. The fourth-order valence-corrected chi connectivity index (χ4v) is 3.78. The van der Waals surface area contributed by atoms with Crippen molar-refractivity contribution in [1.29, 1.82) is 0 Å². The van der Waals surface area contributed by atoms with Gasteiger partial charge >= 0.3 is 11.7 Å². The van der Waals surface area contributed by atoms with E-state index in [9.17, 15) is 19.2 Å². The van der Waals surface area contributed by atoms with E-state index in [2.05, 4.69) is 26.2 Å².